The summed E-state index contributed by atoms with van der Waals surface area (Å²) in [5, 5.41) is 6.30. The first-order valence-electron chi connectivity index (χ1n) is 5.02. The molecule has 1 aromatic carbocycles. The number of hydrogen-bond donors (Lipinski definition) is 2. The number of anilines is 2. The molecule has 0 unspecified atom stereocenters. The third-order valence-electron chi connectivity index (χ3n) is 2.20. The number of hydrazone groups is 1. The van der Waals surface area contributed by atoms with Gasteiger partial charge in [-0.05, 0) is 52.8 Å². The van der Waals surface area contributed by atoms with Gasteiger partial charge in [-0.2, -0.15) is 5.10 Å². The summed E-state index contributed by atoms with van der Waals surface area (Å²) in [6.07, 6.45) is 1.54. The quantitative estimate of drug-likeness (QED) is 0.491. The minimum absolute atomic E-state index is 0.234. The van der Waals surface area contributed by atoms with Crippen molar-refractivity contribution in [3.63, 3.8) is 0 Å². The van der Waals surface area contributed by atoms with Crippen LogP contribution in [0.5, 0.6) is 0 Å². The van der Waals surface area contributed by atoms with Crippen molar-refractivity contribution < 1.29 is 4.39 Å². The third kappa shape index (κ3) is 3.16. The van der Waals surface area contributed by atoms with Crippen LogP contribution in [0.1, 0.15) is 11.1 Å². The van der Waals surface area contributed by atoms with Crippen molar-refractivity contribution in [2.45, 2.75) is 6.92 Å². The molecule has 0 bridgehead atoms. The predicted molar refractivity (Wildman–Crippen MR) is 81.6 cm³/mol. The number of benzene rings is 1. The van der Waals surface area contributed by atoms with E-state index in [9.17, 15) is 4.39 Å². The Bertz CT molecular complexity index is 573. The molecule has 3 N–H and O–H groups in total. The van der Waals surface area contributed by atoms with Gasteiger partial charge in [-0.15, -0.1) is 11.3 Å². The monoisotopic (exact) mass is 376 g/mol. The largest absolute Gasteiger partial charge is 0.383 e. The van der Waals surface area contributed by atoms with Crippen LogP contribution in [0.15, 0.2) is 22.6 Å². The number of thiazole rings is 1. The van der Waals surface area contributed by atoms with E-state index < -0.39 is 0 Å². The van der Waals surface area contributed by atoms with Gasteiger partial charge in [-0.1, -0.05) is 0 Å². The second-order valence-corrected chi connectivity index (χ2v) is 5.58. The summed E-state index contributed by atoms with van der Waals surface area (Å²) in [7, 11) is 0. The van der Waals surface area contributed by atoms with E-state index in [1.165, 1.54) is 17.4 Å². The fourth-order valence-electron chi connectivity index (χ4n) is 1.24. The Morgan fingerprint density at radius 3 is 2.94 bits per heavy atom. The van der Waals surface area contributed by atoms with E-state index in [1.54, 1.807) is 18.5 Å². The number of nitrogens with zero attached hydrogens (tertiary/aromatic N) is 2. The lowest BCUT2D eigenvalue weighted by Crippen LogP contribution is -1.94. The molecular weight excluding hydrogens is 366 g/mol. The zero-order valence-corrected chi connectivity index (χ0v) is 12.4. The van der Waals surface area contributed by atoms with Crippen molar-refractivity contribution in [2.24, 2.45) is 5.10 Å². The molecule has 0 amide bonds. The Labute approximate surface area is 121 Å². The Morgan fingerprint density at radius 2 is 2.33 bits per heavy atom. The first-order chi connectivity index (χ1) is 8.56. The second-order valence-electron chi connectivity index (χ2n) is 3.56. The van der Waals surface area contributed by atoms with E-state index in [0.717, 1.165) is 3.57 Å². The predicted octanol–water partition coefficient (Wildman–Crippen LogP) is 3.22. The molecule has 0 saturated heterocycles. The fourth-order valence-corrected chi connectivity index (χ4v) is 2.40. The molecule has 0 aliphatic heterocycles. The van der Waals surface area contributed by atoms with Crippen molar-refractivity contribution in [1.29, 1.82) is 0 Å². The van der Waals surface area contributed by atoms with Gasteiger partial charge in [0.05, 0.1) is 6.21 Å². The molecule has 7 heteroatoms. The van der Waals surface area contributed by atoms with Gasteiger partial charge in [0.2, 0.25) is 5.13 Å². The number of nitrogens with two attached hydrogens (primary N) is 1. The second kappa shape index (κ2) is 5.61. The van der Waals surface area contributed by atoms with Crippen LogP contribution in [0.4, 0.5) is 15.3 Å². The van der Waals surface area contributed by atoms with Crippen LogP contribution in [0, 0.1) is 16.3 Å². The van der Waals surface area contributed by atoms with Crippen LogP contribution < -0.4 is 11.2 Å². The Morgan fingerprint density at radius 1 is 1.56 bits per heavy atom. The van der Waals surface area contributed by atoms with E-state index in [-0.39, 0.29) is 5.82 Å². The minimum atomic E-state index is -0.234. The molecule has 0 spiro atoms. The van der Waals surface area contributed by atoms with Crippen LogP contribution in [0.25, 0.3) is 0 Å². The molecule has 0 atom stereocenters. The zero-order valence-electron chi connectivity index (χ0n) is 9.45. The third-order valence-corrected chi connectivity index (χ3v) is 4.08. The normalized spacial score (nSPS) is 11.1. The molecule has 0 aliphatic rings. The van der Waals surface area contributed by atoms with Crippen LogP contribution in [-0.4, -0.2) is 11.2 Å². The average Bonchev–Trinajstić information content (AvgIpc) is 2.72. The summed E-state index contributed by atoms with van der Waals surface area (Å²) in [6.45, 7) is 1.74. The van der Waals surface area contributed by atoms with Crippen molar-refractivity contribution in [3.8, 4) is 0 Å². The number of halogens is 2. The highest BCUT2D eigenvalue weighted by Gasteiger charge is 2.03. The van der Waals surface area contributed by atoms with Crippen LogP contribution >= 0.6 is 33.9 Å². The minimum Gasteiger partial charge on any atom is -0.383 e. The van der Waals surface area contributed by atoms with Crippen molar-refractivity contribution >= 4 is 51.1 Å². The molecule has 1 heterocycles. The maximum Gasteiger partial charge on any atom is 0.205 e. The number of hydrogen-bond acceptors (Lipinski definition) is 5. The van der Waals surface area contributed by atoms with E-state index in [2.05, 4.69) is 38.1 Å². The van der Waals surface area contributed by atoms with Gasteiger partial charge in [0.1, 0.15) is 11.6 Å². The van der Waals surface area contributed by atoms with Crippen LogP contribution in [0.2, 0.25) is 0 Å². The Kier molecular flexibility index (Phi) is 4.12. The van der Waals surface area contributed by atoms with Gasteiger partial charge in [0.25, 0.3) is 0 Å². The van der Waals surface area contributed by atoms with E-state index >= 15 is 0 Å². The van der Waals surface area contributed by atoms with Crippen molar-refractivity contribution in [3.05, 3.63) is 38.0 Å². The van der Waals surface area contributed by atoms with Crippen molar-refractivity contribution in [2.75, 3.05) is 11.2 Å². The van der Waals surface area contributed by atoms with Gasteiger partial charge < -0.3 is 5.73 Å². The van der Waals surface area contributed by atoms with E-state index in [0.29, 0.717) is 22.1 Å². The molecular formula is C11H10FIN4S. The number of nitrogen functional groups attached to an aromatic ring is 1. The van der Waals surface area contributed by atoms with Gasteiger partial charge >= 0.3 is 0 Å². The number of rotatable bonds is 3. The van der Waals surface area contributed by atoms with Gasteiger partial charge in [0.15, 0.2) is 0 Å². The molecule has 0 aliphatic carbocycles. The summed E-state index contributed by atoms with van der Waals surface area (Å²) in [4.78, 5) is 3.99. The maximum absolute atomic E-state index is 13.5. The summed E-state index contributed by atoms with van der Waals surface area (Å²) >= 11 is 3.45. The first kappa shape index (κ1) is 13.2. The summed E-state index contributed by atoms with van der Waals surface area (Å²) in [5.41, 5.74) is 9.55. The molecule has 18 heavy (non-hydrogen) atoms. The highest BCUT2D eigenvalue weighted by atomic mass is 127. The Hall–Kier alpha value is -1.22. The fraction of sp³-hybridized carbons (Fsp3) is 0.0909. The Balaban J connectivity index is 2.09. The molecule has 94 valence electrons. The van der Waals surface area contributed by atoms with E-state index in [1.807, 2.05) is 6.07 Å². The summed E-state index contributed by atoms with van der Waals surface area (Å²) in [5.74, 6) is 0.218. The lowest BCUT2D eigenvalue weighted by Gasteiger charge is -2.01. The summed E-state index contributed by atoms with van der Waals surface area (Å²) < 4.78 is 14.3. The van der Waals surface area contributed by atoms with Gasteiger partial charge in [0, 0.05) is 8.95 Å². The highest BCUT2D eigenvalue weighted by molar-refractivity contribution is 14.1. The summed E-state index contributed by atoms with van der Waals surface area (Å²) in [6, 6.07) is 3.30. The SMILES string of the molecule is Cc1c(F)cc(C=NNc2nc(N)cs2)cc1I. The molecule has 2 aromatic rings. The van der Waals surface area contributed by atoms with Gasteiger partial charge in [-0.25, -0.2) is 9.37 Å². The number of nitrogens with one attached hydrogen (secondary N) is 1. The first-order valence-corrected chi connectivity index (χ1v) is 6.98. The molecule has 4 nitrogen and oxygen atoms in total. The maximum atomic E-state index is 13.5. The van der Waals surface area contributed by atoms with Crippen molar-refractivity contribution in [1.82, 2.24) is 4.98 Å². The van der Waals surface area contributed by atoms with Crippen LogP contribution in [0.3, 0.4) is 0 Å². The topological polar surface area (TPSA) is 63.3 Å². The lowest BCUT2D eigenvalue weighted by atomic mass is 10.1. The average molecular weight is 376 g/mol. The lowest BCUT2D eigenvalue weighted by molar-refractivity contribution is 0.617. The standard InChI is InChI=1S/C11H10FIN4S/c1-6-8(12)2-7(3-9(6)13)4-15-17-11-16-10(14)5-18-11/h2-5H,14H2,1H3,(H,16,17). The molecule has 0 fully saturated rings. The number of aromatic nitrogens is 1. The van der Waals surface area contributed by atoms with Gasteiger partial charge in [-0.3, -0.25) is 5.43 Å². The molecule has 1 aromatic heterocycles. The van der Waals surface area contributed by atoms with E-state index in [4.69, 9.17) is 5.73 Å². The smallest absolute Gasteiger partial charge is 0.205 e. The highest BCUT2D eigenvalue weighted by Crippen LogP contribution is 2.18. The molecule has 0 radical (unpaired) electrons. The zero-order chi connectivity index (χ0) is 13.1. The van der Waals surface area contributed by atoms with Crippen LogP contribution in [-0.2, 0) is 0 Å². The molecule has 0 saturated carbocycles. The molecule has 2 rings (SSSR count).